The molecule has 0 atom stereocenters. The summed E-state index contributed by atoms with van der Waals surface area (Å²) in [5, 5.41) is 15.9. The smallest absolute Gasteiger partial charge is 0.870 e. The minimum atomic E-state index is 0. The predicted octanol–water partition coefficient (Wildman–Crippen LogP) is 4.32. The van der Waals surface area contributed by atoms with E-state index in [0.29, 0.717) is 29.7 Å². The Bertz CT molecular complexity index is 770. The first-order valence-corrected chi connectivity index (χ1v) is 16.5. The van der Waals surface area contributed by atoms with Crippen molar-refractivity contribution in [3.8, 4) is 0 Å². The Morgan fingerprint density at radius 1 is 0.578 bits per heavy atom. The van der Waals surface area contributed by atoms with Gasteiger partial charge in [0.25, 0.3) is 0 Å². The fourth-order valence-corrected chi connectivity index (χ4v) is 2.47. The SMILES string of the molecule is C.CCCN.CCCNc1nc(Cl)nc(NCCC)n1.CCCNc1nc(NCCC)nc(NCCC)n1.CC[CH-]I.[Na+].[OH-].[V]. The van der Waals surface area contributed by atoms with Crippen LogP contribution in [0.1, 0.15) is 101 Å². The molecule has 1 radical (unpaired) electrons. The summed E-state index contributed by atoms with van der Waals surface area (Å²) in [6, 6.07) is 0. The van der Waals surface area contributed by atoms with Gasteiger partial charge in [0.05, 0.1) is 0 Å². The van der Waals surface area contributed by atoms with Crippen molar-refractivity contribution in [1.82, 2.24) is 29.9 Å². The van der Waals surface area contributed by atoms with Gasteiger partial charge in [-0.25, -0.2) is 0 Å². The van der Waals surface area contributed by atoms with Crippen molar-refractivity contribution in [2.24, 2.45) is 5.73 Å². The number of nitrogens with one attached hydrogen (secondary N) is 5. The average Bonchev–Trinajstić information content (AvgIpc) is 3.00. The van der Waals surface area contributed by atoms with E-state index in [-0.39, 0.29) is 66.3 Å². The molecule has 0 unspecified atom stereocenters. The molecule has 2 heterocycles. The summed E-state index contributed by atoms with van der Waals surface area (Å²) in [7, 11) is 0. The van der Waals surface area contributed by atoms with Crippen molar-refractivity contribution in [3.63, 3.8) is 0 Å². The monoisotopic (exact) mass is 816 g/mol. The van der Waals surface area contributed by atoms with Crippen LogP contribution in [0.3, 0.4) is 0 Å². The number of hydrogen-bond donors (Lipinski definition) is 6. The molecule has 2 aromatic heterocycles. The van der Waals surface area contributed by atoms with E-state index in [0.717, 1.165) is 77.8 Å². The van der Waals surface area contributed by atoms with Crippen LogP contribution in [0.15, 0.2) is 0 Å². The van der Waals surface area contributed by atoms with Gasteiger partial charge in [-0.15, -0.1) is 0 Å². The zero-order valence-corrected chi connectivity index (χ0v) is 34.5. The van der Waals surface area contributed by atoms with Gasteiger partial charge in [-0.3, -0.25) is 4.43 Å². The van der Waals surface area contributed by atoms with Gasteiger partial charge in [-0.1, -0.05) is 55.9 Å². The maximum atomic E-state index is 5.77. The molecule has 0 bridgehead atoms. The first-order valence-electron chi connectivity index (χ1n) is 14.9. The Morgan fingerprint density at radius 2 is 0.778 bits per heavy atom. The molecule has 0 amide bonds. The van der Waals surface area contributed by atoms with E-state index >= 15 is 0 Å². The molecule has 0 aliphatic heterocycles. The van der Waals surface area contributed by atoms with Crippen LogP contribution < -0.4 is 61.9 Å². The maximum absolute atomic E-state index is 5.77. The number of halogens is 2. The molecular weight excluding hydrogens is 757 g/mol. The second-order valence-corrected chi connectivity index (χ2v) is 9.76. The van der Waals surface area contributed by atoms with Crippen LogP contribution in [0.25, 0.3) is 0 Å². The van der Waals surface area contributed by atoms with E-state index < -0.39 is 0 Å². The molecule has 0 fully saturated rings. The quantitative estimate of drug-likeness (QED) is 0.0753. The number of anilines is 5. The van der Waals surface area contributed by atoms with E-state index in [1.165, 1.54) is 6.42 Å². The Labute approximate surface area is 326 Å². The van der Waals surface area contributed by atoms with Gasteiger partial charge >= 0.3 is 29.6 Å². The van der Waals surface area contributed by atoms with E-state index in [1.807, 2.05) is 0 Å². The summed E-state index contributed by atoms with van der Waals surface area (Å²) in [5.74, 6) is 2.93. The van der Waals surface area contributed by atoms with Crippen LogP contribution in [0.4, 0.5) is 29.7 Å². The minimum Gasteiger partial charge on any atom is -0.870 e. The Balaban J connectivity index is -0.000000128. The summed E-state index contributed by atoms with van der Waals surface area (Å²) in [6.07, 6.45) is 7.44. The van der Waals surface area contributed by atoms with Crippen molar-refractivity contribution >= 4 is 63.9 Å². The van der Waals surface area contributed by atoms with Gasteiger partial charge in [0.1, 0.15) is 0 Å². The van der Waals surface area contributed by atoms with E-state index in [1.54, 1.807) is 0 Å². The number of hydrogen-bond acceptors (Lipinski definition) is 13. The van der Waals surface area contributed by atoms with Gasteiger partial charge in [-0.2, -0.15) is 36.3 Å². The van der Waals surface area contributed by atoms with E-state index in [4.69, 9.17) is 17.3 Å². The van der Waals surface area contributed by atoms with Gasteiger partial charge in [0.2, 0.25) is 35.0 Å². The van der Waals surface area contributed by atoms with Crippen molar-refractivity contribution in [1.29, 1.82) is 0 Å². The largest absolute Gasteiger partial charge is 1.00 e. The zero-order chi connectivity index (χ0) is 31.1. The number of aromatic nitrogens is 6. The number of nitrogens with two attached hydrogens (primary N) is 1. The van der Waals surface area contributed by atoms with Crippen LogP contribution in [0, 0.1) is 4.43 Å². The van der Waals surface area contributed by atoms with Gasteiger partial charge in [-0.05, 0) is 56.7 Å². The average molecular weight is 817 g/mol. The molecule has 0 aromatic carbocycles. The standard InChI is InChI=1S/C12H24N6.C9H16ClN5.C3H6I.C3H9N.CH4.Na.H2O.V/c1-4-7-13-10-16-11(14-8-5-2)18-12(17-10)15-9-6-3;1-3-5-11-8-13-7(10)14-9(15-8)12-6-4-2;2*1-2-3-4;;;;/h4-9H2,1-3H3,(H3,13,14,15,16,17,18);3-6H2,1-2H3,(H2,11,12,13,14,15);3H,2H2,1H3;2-4H2,1H3;1H4;;1H2;/q;;-1;;;+1;;/p-1. The van der Waals surface area contributed by atoms with Gasteiger partial charge < -0.3 is 60.4 Å². The van der Waals surface area contributed by atoms with Crippen LogP contribution in [-0.2, 0) is 18.6 Å². The fourth-order valence-electron chi connectivity index (χ4n) is 2.31. The Kier molecular flexibility index (Phi) is 55.0. The number of rotatable bonds is 17. The molecule has 0 saturated heterocycles. The first-order chi connectivity index (χ1) is 19.9. The van der Waals surface area contributed by atoms with E-state index in [2.05, 4.69) is 132 Å². The second-order valence-electron chi connectivity index (χ2n) is 8.54. The van der Waals surface area contributed by atoms with Crippen molar-refractivity contribution in [3.05, 3.63) is 9.71 Å². The maximum Gasteiger partial charge on any atom is 1.00 e. The van der Waals surface area contributed by atoms with Crippen molar-refractivity contribution in [2.45, 2.75) is 101 Å². The van der Waals surface area contributed by atoms with Gasteiger partial charge in [0.15, 0.2) is 0 Å². The van der Waals surface area contributed by atoms with E-state index in [9.17, 15) is 0 Å². The third-order valence-corrected chi connectivity index (χ3v) is 5.40. The predicted molar refractivity (Wildman–Crippen MR) is 195 cm³/mol. The molecule has 0 aliphatic rings. The molecule has 45 heavy (non-hydrogen) atoms. The summed E-state index contributed by atoms with van der Waals surface area (Å²) in [5.41, 5.74) is 5.03. The summed E-state index contributed by atoms with van der Waals surface area (Å²) in [6.45, 7) is 19.7. The zero-order valence-electron chi connectivity index (χ0n) is 28.2. The summed E-state index contributed by atoms with van der Waals surface area (Å²) in [4.78, 5) is 25.1. The molecule has 2 rings (SSSR count). The topological polar surface area (TPSA) is 194 Å². The third kappa shape index (κ3) is 36.2. The van der Waals surface area contributed by atoms with Crippen molar-refractivity contribution < 1.29 is 53.6 Å². The summed E-state index contributed by atoms with van der Waals surface area (Å²) >= 11 is 7.99. The molecule has 259 valence electrons. The second kappa shape index (κ2) is 43.5. The molecule has 13 nitrogen and oxygen atoms in total. The normalized spacial score (nSPS) is 8.76. The molecular formula is C28H60ClIN12NaOV-. The summed E-state index contributed by atoms with van der Waals surface area (Å²) < 4.78 is 2.09. The molecule has 8 N–H and O–H groups in total. The van der Waals surface area contributed by atoms with Gasteiger partial charge in [0, 0.05) is 51.3 Å². The molecule has 17 heteroatoms. The molecule has 0 spiro atoms. The van der Waals surface area contributed by atoms with Crippen LogP contribution in [0.5, 0.6) is 0 Å². The van der Waals surface area contributed by atoms with Crippen LogP contribution in [0.2, 0.25) is 5.28 Å². The Morgan fingerprint density at radius 3 is 0.933 bits per heavy atom. The van der Waals surface area contributed by atoms with Crippen LogP contribution in [-0.4, -0.2) is 74.6 Å². The third-order valence-electron chi connectivity index (χ3n) is 4.35. The minimum absolute atomic E-state index is 0. The number of nitrogens with zero attached hydrogens (tertiary/aromatic N) is 6. The van der Waals surface area contributed by atoms with Crippen LogP contribution >= 0.6 is 34.2 Å². The van der Waals surface area contributed by atoms with Crippen molar-refractivity contribution in [2.75, 3.05) is 65.9 Å². The molecule has 0 aliphatic carbocycles. The first kappa shape index (κ1) is 56.9. The fraction of sp³-hybridized carbons (Fsp3) is 0.750. The Hall–Kier alpha value is -0.456. The molecule has 0 saturated carbocycles. The molecule has 2 aromatic rings.